The minimum absolute atomic E-state index is 0.102. The number of carbonyl (C=O) groups is 1. The molecule has 0 bridgehead atoms. The van der Waals surface area contributed by atoms with E-state index in [1.807, 2.05) is 48.5 Å². The Morgan fingerprint density at radius 3 is 2.59 bits per heavy atom. The summed E-state index contributed by atoms with van der Waals surface area (Å²) in [5.41, 5.74) is 16.7. The number of amides is 1. The van der Waals surface area contributed by atoms with E-state index in [2.05, 4.69) is 15.6 Å². The van der Waals surface area contributed by atoms with Crippen LogP contribution in [0.3, 0.4) is 0 Å². The zero-order chi connectivity index (χ0) is 27.8. The van der Waals surface area contributed by atoms with Gasteiger partial charge in [0.2, 0.25) is 11.8 Å². The van der Waals surface area contributed by atoms with Gasteiger partial charge in [-0.05, 0) is 12.5 Å². The molecule has 6 N–H and O–H groups in total. The monoisotopic (exact) mass is 566 g/mol. The molecule has 0 saturated carbocycles. The molecule has 4 rings (SSSR count). The number of nitrogens with zero attached hydrogens (tertiary/aromatic N) is 2. The minimum Gasteiger partial charge on any atom is -0.481 e. The van der Waals surface area contributed by atoms with Crippen LogP contribution in [-0.2, 0) is 11.3 Å². The predicted molar refractivity (Wildman–Crippen MR) is 159 cm³/mol. The number of carbonyl (C=O) groups excluding carboxylic acids is 1. The van der Waals surface area contributed by atoms with Crippen LogP contribution in [-0.4, -0.2) is 49.9 Å². The second-order valence-electron chi connectivity index (χ2n) is 9.08. The van der Waals surface area contributed by atoms with Crippen molar-refractivity contribution in [3.63, 3.8) is 0 Å². The molecule has 8 nitrogen and oxygen atoms in total. The van der Waals surface area contributed by atoms with Gasteiger partial charge in [0, 0.05) is 77.9 Å². The Morgan fingerprint density at radius 2 is 1.90 bits per heavy atom. The van der Waals surface area contributed by atoms with Crippen molar-refractivity contribution in [1.82, 2.24) is 15.6 Å². The zero-order valence-electron chi connectivity index (χ0n) is 21.7. The van der Waals surface area contributed by atoms with E-state index >= 15 is 0 Å². The molecule has 1 aliphatic rings. The molecule has 0 unspecified atom stereocenters. The van der Waals surface area contributed by atoms with Crippen molar-refractivity contribution < 1.29 is 9.53 Å². The van der Waals surface area contributed by atoms with Crippen molar-refractivity contribution in [3.05, 3.63) is 75.9 Å². The van der Waals surface area contributed by atoms with E-state index in [1.165, 1.54) is 6.20 Å². The summed E-state index contributed by atoms with van der Waals surface area (Å²) < 4.78 is 5.59. The van der Waals surface area contributed by atoms with Crippen molar-refractivity contribution in [2.45, 2.75) is 25.4 Å². The number of ether oxygens (including phenoxy) is 1. The summed E-state index contributed by atoms with van der Waals surface area (Å²) in [6.45, 7) is 2.18. The molecular weight excluding hydrogens is 535 g/mol. The van der Waals surface area contributed by atoms with Crippen molar-refractivity contribution in [2.75, 3.05) is 26.7 Å². The normalized spacial score (nSPS) is 15.6. The fourth-order valence-corrected chi connectivity index (χ4v) is 5.14. The van der Waals surface area contributed by atoms with Crippen LogP contribution in [0.2, 0.25) is 10.0 Å². The van der Waals surface area contributed by atoms with Crippen molar-refractivity contribution in [2.24, 2.45) is 16.5 Å². The molecule has 1 aromatic heterocycles. The lowest BCUT2D eigenvalue weighted by atomic mass is 9.97. The number of aromatic nitrogens is 1. The smallest absolute Gasteiger partial charge is 0.220 e. The first-order valence-corrected chi connectivity index (χ1v) is 13.5. The minimum atomic E-state index is 0.102. The Hall–Kier alpha value is -3.43. The Balaban J connectivity index is 1.60. The fraction of sp³-hybridized carbons (Fsp3) is 0.276. The van der Waals surface area contributed by atoms with E-state index in [1.54, 1.807) is 13.3 Å². The first-order chi connectivity index (χ1) is 19.0. The van der Waals surface area contributed by atoms with Gasteiger partial charge in [-0.3, -0.25) is 9.79 Å². The number of halogens is 2. The van der Waals surface area contributed by atoms with E-state index in [0.29, 0.717) is 59.8 Å². The van der Waals surface area contributed by atoms with Crippen molar-refractivity contribution >= 4 is 40.9 Å². The van der Waals surface area contributed by atoms with Gasteiger partial charge in [-0.1, -0.05) is 65.7 Å². The lowest BCUT2D eigenvalue weighted by molar-refractivity contribution is -0.119. The van der Waals surface area contributed by atoms with Crippen LogP contribution in [0.4, 0.5) is 0 Å². The molecule has 1 fully saturated rings. The van der Waals surface area contributed by atoms with Gasteiger partial charge in [0.05, 0.1) is 29.4 Å². The van der Waals surface area contributed by atoms with Gasteiger partial charge in [-0.25, -0.2) is 4.98 Å². The molecule has 1 amide bonds. The molecule has 204 valence electrons. The van der Waals surface area contributed by atoms with Crippen LogP contribution in [0.5, 0.6) is 5.88 Å². The number of pyridine rings is 1. The SMILES string of the molecule is COc1nc(-c2cccc(-c3cccc(/C(C=NCCN)=C/N)c3Cl)c2Cl)ccc1CNC[C@@H]1CCC(=O)N1. The van der Waals surface area contributed by atoms with Gasteiger partial charge >= 0.3 is 0 Å². The maximum Gasteiger partial charge on any atom is 0.220 e. The van der Waals surface area contributed by atoms with Crippen LogP contribution in [0.25, 0.3) is 28.0 Å². The Kier molecular flexibility index (Phi) is 9.95. The predicted octanol–water partition coefficient (Wildman–Crippen LogP) is 4.43. The number of nitrogens with one attached hydrogen (secondary N) is 2. The molecule has 0 radical (unpaired) electrons. The molecule has 2 aromatic carbocycles. The third-order valence-corrected chi connectivity index (χ3v) is 7.28. The van der Waals surface area contributed by atoms with Crippen molar-refractivity contribution in [3.8, 4) is 28.3 Å². The van der Waals surface area contributed by atoms with E-state index in [4.69, 9.17) is 44.4 Å². The summed E-state index contributed by atoms with van der Waals surface area (Å²) in [5, 5.41) is 7.37. The molecule has 1 atom stereocenters. The molecule has 2 heterocycles. The summed E-state index contributed by atoms with van der Waals surface area (Å²) in [7, 11) is 1.59. The molecule has 39 heavy (non-hydrogen) atoms. The van der Waals surface area contributed by atoms with E-state index in [0.717, 1.165) is 34.2 Å². The summed E-state index contributed by atoms with van der Waals surface area (Å²) in [6.07, 6.45) is 4.56. The van der Waals surface area contributed by atoms with E-state index in [9.17, 15) is 4.79 Å². The highest BCUT2D eigenvalue weighted by Gasteiger charge is 2.21. The highest BCUT2D eigenvalue weighted by atomic mass is 35.5. The van der Waals surface area contributed by atoms with Crippen LogP contribution < -0.4 is 26.8 Å². The quantitative estimate of drug-likeness (QED) is 0.254. The third kappa shape index (κ3) is 6.78. The number of nitrogens with two attached hydrogens (primary N) is 2. The molecule has 0 aliphatic carbocycles. The molecule has 0 spiro atoms. The van der Waals surface area contributed by atoms with Gasteiger partial charge in [-0.2, -0.15) is 0 Å². The Morgan fingerprint density at radius 1 is 1.15 bits per heavy atom. The molecule has 1 saturated heterocycles. The average Bonchev–Trinajstić information content (AvgIpc) is 3.37. The fourth-order valence-electron chi connectivity index (χ4n) is 4.48. The maximum absolute atomic E-state index is 11.4. The highest BCUT2D eigenvalue weighted by molar-refractivity contribution is 6.39. The van der Waals surface area contributed by atoms with Gasteiger partial charge in [0.1, 0.15) is 0 Å². The van der Waals surface area contributed by atoms with Gasteiger partial charge in [0.25, 0.3) is 0 Å². The van der Waals surface area contributed by atoms with Crippen LogP contribution in [0, 0.1) is 0 Å². The first kappa shape index (κ1) is 28.6. The van der Waals surface area contributed by atoms with Gasteiger partial charge < -0.3 is 26.8 Å². The summed E-state index contributed by atoms with van der Waals surface area (Å²) in [6, 6.07) is 15.5. The van der Waals surface area contributed by atoms with Crippen LogP contribution in [0.15, 0.2) is 59.7 Å². The highest BCUT2D eigenvalue weighted by Crippen LogP contribution is 2.41. The largest absolute Gasteiger partial charge is 0.481 e. The lowest BCUT2D eigenvalue weighted by Gasteiger charge is -2.15. The second-order valence-corrected chi connectivity index (χ2v) is 9.84. The number of allylic oxidation sites excluding steroid dienone is 1. The molecule has 1 aliphatic heterocycles. The van der Waals surface area contributed by atoms with Gasteiger partial charge in [0.15, 0.2) is 0 Å². The number of hydrogen-bond donors (Lipinski definition) is 4. The lowest BCUT2D eigenvalue weighted by Crippen LogP contribution is -2.35. The maximum atomic E-state index is 11.4. The van der Waals surface area contributed by atoms with E-state index in [-0.39, 0.29) is 11.9 Å². The Labute approximate surface area is 238 Å². The summed E-state index contributed by atoms with van der Waals surface area (Å²) in [4.78, 5) is 20.5. The molecule has 10 heteroatoms. The summed E-state index contributed by atoms with van der Waals surface area (Å²) in [5.74, 6) is 0.608. The Bertz CT molecular complexity index is 1390. The number of methoxy groups -OCH3 is 1. The number of benzene rings is 2. The van der Waals surface area contributed by atoms with Crippen LogP contribution >= 0.6 is 23.2 Å². The van der Waals surface area contributed by atoms with Gasteiger partial charge in [-0.15, -0.1) is 0 Å². The number of aliphatic imine (C=N–C) groups is 1. The van der Waals surface area contributed by atoms with E-state index < -0.39 is 0 Å². The molecule has 3 aromatic rings. The summed E-state index contributed by atoms with van der Waals surface area (Å²) >= 11 is 13.8. The van der Waals surface area contributed by atoms with Crippen LogP contribution in [0.1, 0.15) is 24.0 Å². The zero-order valence-corrected chi connectivity index (χ0v) is 23.2. The average molecular weight is 568 g/mol. The number of rotatable bonds is 11. The third-order valence-electron chi connectivity index (χ3n) is 6.47. The second kappa shape index (κ2) is 13.6. The standard InChI is InChI=1S/C29H32Cl2N6O2/c1-39-29-18(15-35-17-20-9-11-26(38)36-20)8-10-25(37-29)24-7-3-6-23(28(24)31)22-5-2-4-21(27(22)30)19(14-33)16-34-13-12-32/h2-8,10,14,16,20,35H,9,11-13,15,17,32-33H2,1H3,(H,36,38)/b19-14+,34-16?/t20-/m0/s1. The van der Waals surface area contributed by atoms with Crippen molar-refractivity contribution in [1.29, 1.82) is 0 Å². The first-order valence-electron chi connectivity index (χ1n) is 12.7. The topological polar surface area (TPSA) is 128 Å². The molecular formula is C29H32Cl2N6O2. The number of hydrogen-bond acceptors (Lipinski definition) is 7.